The van der Waals surface area contributed by atoms with E-state index in [1.165, 1.54) is 4.68 Å². The van der Waals surface area contributed by atoms with Crippen LogP contribution in [0.5, 0.6) is 0 Å². The summed E-state index contributed by atoms with van der Waals surface area (Å²) in [6.07, 6.45) is 5.53. The van der Waals surface area contributed by atoms with E-state index in [0.29, 0.717) is 5.92 Å². The summed E-state index contributed by atoms with van der Waals surface area (Å²) in [5, 5.41) is 4.08. The van der Waals surface area contributed by atoms with Gasteiger partial charge in [-0.15, -0.1) is 0 Å². The summed E-state index contributed by atoms with van der Waals surface area (Å²) in [6, 6.07) is 3.31. The Morgan fingerprint density at radius 1 is 1.15 bits per heavy atom. The molecule has 7 nitrogen and oxygen atoms in total. The van der Waals surface area contributed by atoms with E-state index in [-0.39, 0.29) is 17.0 Å². The molecular weight excluding hydrogens is 330 g/mol. The third kappa shape index (κ3) is 4.46. The van der Waals surface area contributed by atoms with Crippen molar-refractivity contribution in [3.63, 3.8) is 0 Å². The summed E-state index contributed by atoms with van der Waals surface area (Å²) in [5.41, 5.74) is 1.77. The molecule has 1 aliphatic heterocycles. The average molecular weight is 357 g/mol. The molecule has 1 aliphatic rings. The van der Waals surface area contributed by atoms with E-state index in [0.717, 1.165) is 50.3 Å². The topological polar surface area (TPSA) is 73.0 Å². The van der Waals surface area contributed by atoms with Gasteiger partial charge >= 0.3 is 0 Å². The summed E-state index contributed by atoms with van der Waals surface area (Å²) in [5.74, 6) is 0.752. The Morgan fingerprint density at radius 2 is 1.88 bits per heavy atom. The Bertz CT molecular complexity index is 863. The van der Waals surface area contributed by atoms with Crippen LogP contribution >= 0.6 is 0 Å². The maximum atomic E-state index is 12.3. The number of piperidine rings is 1. The molecule has 0 aromatic carbocycles. The van der Waals surface area contributed by atoms with Crippen molar-refractivity contribution in [2.75, 3.05) is 13.1 Å². The van der Waals surface area contributed by atoms with Crippen LogP contribution in [0.1, 0.15) is 43.9 Å². The molecular formula is C19H27N5O2. The van der Waals surface area contributed by atoms with Crippen LogP contribution in [0, 0.1) is 5.92 Å². The molecule has 1 fully saturated rings. The Hall–Kier alpha value is -2.28. The number of hydrogen-bond donors (Lipinski definition) is 0. The van der Waals surface area contributed by atoms with Crippen LogP contribution in [-0.4, -0.2) is 37.3 Å². The highest BCUT2D eigenvalue weighted by atomic mass is 16.1. The van der Waals surface area contributed by atoms with Crippen molar-refractivity contribution in [2.45, 2.75) is 45.7 Å². The van der Waals surface area contributed by atoms with E-state index < -0.39 is 0 Å². The van der Waals surface area contributed by atoms with Crippen molar-refractivity contribution in [3.8, 4) is 0 Å². The standard InChI is InChI=1S/C19H27N5O2/c1-14(2)17-9-19(26)24(13-20-17)12-15-4-6-23(7-5-15)11-16-8-18(25)22(3)21-10-16/h8-10,13-15H,4-7,11-12H2,1-3H3. The van der Waals surface area contributed by atoms with Crippen LogP contribution in [0.15, 0.2) is 34.2 Å². The highest BCUT2D eigenvalue weighted by Crippen LogP contribution is 2.20. The second kappa shape index (κ2) is 7.95. The summed E-state index contributed by atoms with van der Waals surface area (Å²) in [6.45, 7) is 7.49. The fraction of sp³-hybridized carbons (Fsp3) is 0.579. The van der Waals surface area contributed by atoms with Crippen molar-refractivity contribution in [2.24, 2.45) is 13.0 Å². The van der Waals surface area contributed by atoms with E-state index in [1.807, 2.05) is 13.8 Å². The van der Waals surface area contributed by atoms with Gasteiger partial charge in [0.2, 0.25) is 0 Å². The monoisotopic (exact) mass is 357 g/mol. The third-order valence-corrected chi connectivity index (χ3v) is 5.08. The maximum absolute atomic E-state index is 12.3. The van der Waals surface area contributed by atoms with Crippen LogP contribution in [0.3, 0.4) is 0 Å². The number of hydrogen-bond acceptors (Lipinski definition) is 5. The molecule has 0 radical (unpaired) electrons. The number of likely N-dealkylation sites (tertiary alicyclic amines) is 1. The first kappa shape index (κ1) is 18.5. The van der Waals surface area contributed by atoms with Gasteiger partial charge in [0.1, 0.15) is 0 Å². The summed E-state index contributed by atoms with van der Waals surface area (Å²) >= 11 is 0. The quantitative estimate of drug-likeness (QED) is 0.808. The molecule has 0 unspecified atom stereocenters. The molecule has 0 amide bonds. The first-order chi connectivity index (χ1) is 12.4. The van der Waals surface area contributed by atoms with Crippen molar-refractivity contribution in [1.29, 1.82) is 0 Å². The minimum Gasteiger partial charge on any atom is -0.299 e. The molecule has 0 saturated carbocycles. The largest absolute Gasteiger partial charge is 0.299 e. The molecule has 7 heteroatoms. The minimum absolute atomic E-state index is 0.0392. The Kier molecular flexibility index (Phi) is 5.66. The zero-order valence-corrected chi connectivity index (χ0v) is 15.8. The van der Waals surface area contributed by atoms with Gasteiger partial charge in [-0.25, -0.2) is 9.67 Å². The fourth-order valence-corrected chi connectivity index (χ4v) is 3.35. The molecule has 26 heavy (non-hydrogen) atoms. The zero-order valence-electron chi connectivity index (χ0n) is 15.8. The normalized spacial score (nSPS) is 16.3. The van der Waals surface area contributed by atoms with Gasteiger partial charge < -0.3 is 0 Å². The van der Waals surface area contributed by atoms with Crippen molar-refractivity contribution in [1.82, 2.24) is 24.2 Å². The Labute approximate surface area is 153 Å². The lowest BCUT2D eigenvalue weighted by molar-refractivity contribution is 0.166. The Balaban J connectivity index is 1.54. The van der Waals surface area contributed by atoms with Gasteiger partial charge in [-0.05, 0) is 43.3 Å². The summed E-state index contributed by atoms with van der Waals surface area (Å²) < 4.78 is 3.07. The van der Waals surface area contributed by atoms with Gasteiger partial charge in [-0.3, -0.25) is 19.1 Å². The van der Waals surface area contributed by atoms with Crippen LogP contribution < -0.4 is 11.1 Å². The number of nitrogens with zero attached hydrogens (tertiary/aromatic N) is 5. The first-order valence-corrected chi connectivity index (χ1v) is 9.23. The fourth-order valence-electron chi connectivity index (χ4n) is 3.35. The highest BCUT2D eigenvalue weighted by molar-refractivity contribution is 5.06. The second-order valence-corrected chi connectivity index (χ2v) is 7.50. The highest BCUT2D eigenvalue weighted by Gasteiger charge is 2.20. The lowest BCUT2D eigenvalue weighted by Gasteiger charge is -2.32. The molecule has 3 heterocycles. The smallest absolute Gasteiger partial charge is 0.266 e. The molecule has 140 valence electrons. The van der Waals surface area contributed by atoms with E-state index >= 15 is 0 Å². The number of aromatic nitrogens is 4. The van der Waals surface area contributed by atoms with E-state index in [1.54, 1.807) is 36.3 Å². The SMILES string of the molecule is CC(C)c1cc(=O)n(CC2CCN(Cc3cnn(C)c(=O)c3)CC2)cn1. The molecule has 0 spiro atoms. The van der Waals surface area contributed by atoms with Gasteiger partial charge in [-0.1, -0.05) is 13.8 Å². The minimum atomic E-state index is -0.0749. The second-order valence-electron chi connectivity index (χ2n) is 7.50. The van der Waals surface area contributed by atoms with Gasteiger partial charge in [0.15, 0.2) is 0 Å². The predicted molar refractivity (Wildman–Crippen MR) is 100 cm³/mol. The molecule has 0 bridgehead atoms. The van der Waals surface area contributed by atoms with E-state index in [4.69, 9.17) is 0 Å². The number of rotatable bonds is 5. The molecule has 2 aromatic heterocycles. The maximum Gasteiger partial charge on any atom is 0.266 e. The predicted octanol–water partition coefficient (Wildman–Crippen LogP) is 1.37. The average Bonchev–Trinajstić information content (AvgIpc) is 2.61. The summed E-state index contributed by atoms with van der Waals surface area (Å²) in [4.78, 5) is 30.7. The van der Waals surface area contributed by atoms with Crippen LogP contribution in [-0.2, 0) is 20.1 Å². The van der Waals surface area contributed by atoms with Gasteiger partial charge in [0.25, 0.3) is 11.1 Å². The first-order valence-electron chi connectivity index (χ1n) is 9.23. The van der Waals surface area contributed by atoms with Gasteiger partial charge in [-0.2, -0.15) is 5.10 Å². The summed E-state index contributed by atoms with van der Waals surface area (Å²) in [7, 11) is 1.65. The van der Waals surface area contributed by atoms with E-state index in [2.05, 4.69) is 15.0 Å². The molecule has 0 aliphatic carbocycles. The zero-order chi connectivity index (χ0) is 18.7. The lowest BCUT2D eigenvalue weighted by Crippen LogP contribution is -2.36. The number of aryl methyl sites for hydroxylation is 1. The molecule has 2 aromatic rings. The van der Waals surface area contributed by atoms with Crippen molar-refractivity contribution >= 4 is 0 Å². The molecule has 0 atom stereocenters. The molecule has 0 N–H and O–H groups in total. The van der Waals surface area contributed by atoms with Crippen LogP contribution in [0.2, 0.25) is 0 Å². The van der Waals surface area contributed by atoms with Crippen molar-refractivity contribution < 1.29 is 0 Å². The molecule has 1 saturated heterocycles. The van der Waals surface area contributed by atoms with Crippen molar-refractivity contribution in [3.05, 3.63) is 56.6 Å². The van der Waals surface area contributed by atoms with Crippen LogP contribution in [0.25, 0.3) is 0 Å². The third-order valence-electron chi connectivity index (χ3n) is 5.08. The lowest BCUT2D eigenvalue weighted by atomic mass is 9.96. The van der Waals surface area contributed by atoms with Gasteiger partial charge in [0.05, 0.1) is 18.2 Å². The Morgan fingerprint density at radius 3 is 2.50 bits per heavy atom. The van der Waals surface area contributed by atoms with E-state index in [9.17, 15) is 9.59 Å². The molecule has 3 rings (SSSR count). The van der Waals surface area contributed by atoms with Gasteiger partial charge in [0, 0.05) is 32.3 Å². The van der Waals surface area contributed by atoms with Crippen LogP contribution in [0.4, 0.5) is 0 Å².